The van der Waals surface area contributed by atoms with Crippen molar-refractivity contribution >= 4 is 15.7 Å². The van der Waals surface area contributed by atoms with Crippen molar-refractivity contribution in [1.82, 2.24) is 4.72 Å². The van der Waals surface area contributed by atoms with Crippen LogP contribution in [-0.4, -0.2) is 15.0 Å². The molecule has 1 aromatic rings. The van der Waals surface area contributed by atoms with Crippen molar-refractivity contribution < 1.29 is 12.8 Å². The van der Waals surface area contributed by atoms with Crippen LogP contribution in [0.1, 0.15) is 25.3 Å². The van der Waals surface area contributed by atoms with Gasteiger partial charge < -0.3 is 5.73 Å². The molecule has 1 aliphatic rings. The van der Waals surface area contributed by atoms with Crippen LogP contribution in [0.4, 0.5) is 10.1 Å². The number of anilines is 1. The normalized spacial score (nSPS) is 17.7. The van der Waals surface area contributed by atoms with E-state index in [9.17, 15) is 12.8 Å². The summed E-state index contributed by atoms with van der Waals surface area (Å²) in [4.78, 5) is -0.380. The summed E-state index contributed by atoms with van der Waals surface area (Å²) in [6, 6.07) is 2.31. The van der Waals surface area contributed by atoms with Crippen molar-refractivity contribution in [2.24, 2.45) is 5.41 Å². The van der Waals surface area contributed by atoms with E-state index in [1.54, 1.807) is 6.92 Å². The summed E-state index contributed by atoms with van der Waals surface area (Å²) in [6.07, 6.45) is 1.99. The molecule has 1 saturated carbocycles. The lowest BCUT2D eigenvalue weighted by molar-refractivity contribution is 0.522. The molecule has 1 aromatic carbocycles. The maximum absolute atomic E-state index is 13.7. The summed E-state index contributed by atoms with van der Waals surface area (Å²) in [5, 5.41) is 0. The van der Waals surface area contributed by atoms with Crippen LogP contribution in [0.3, 0.4) is 0 Å². The minimum absolute atomic E-state index is 0.0276. The average Bonchev–Trinajstić information content (AvgIpc) is 3.00. The molecule has 1 aliphatic carbocycles. The Morgan fingerprint density at radius 2 is 2.06 bits per heavy atom. The monoisotopic (exact) mass is 272 g/mol. The molecule has 18 heavy (non-hydrogen) atoms. The number of nitrogens with two attached hydrogens (primary N) is 1. The lowest BCUT2D eigenvalue weighted by Gasteiger charge is -2.12. The number of rotatable bonds is 4. The largest absolute Gasteiger partial charge is 0.398 e. The quantitative estimate of drug-likeness (QED) is 0.821. The molecule has 0 aromatic heterocycles. The van der Waals surface area contributed by atoms with Crippen LogP contribution >= 0.6 is 0 Å². The third kappa shape index (κ3) is 2.64. The summed E-state index contributed by atoms with van der Waals surface area (Å²) in [5.41, 5.74) is 6.45. The van der Waals surface area contributed by atoms with Gasteiger partial charge in [-0.25, -0.2) is 17.5 Å². The SMILES string of the molecule is Cc1cc(F)c(S(=O)(=O)NCC2(C)CC2)cc1N. The summed E-state index contributed by atoms with van der Waals surface area (Å²) >= 11 is 0. The number of nitrogen functional groups attached to an aromatic ring is 1. The topological polar surface area (TPSA) is 72.2 Å². The molecule has 0 heterocycles. The summed E-state index contributed by atoms with van der Waals surface area (Å²) in [7, 11) is -3.83. The van der Waals surface area contributed by atoms with Crippen molar-refractivity contribution in [3.05, 3.63) is 23.5 Å². The van der Waals surface area contributed by atoms with E-state index in [0.717, 1.165) is 18.9 Å². The third-order valence-corrected chi connectivity index (χ3v) is 4.82. The highest BCUT2D eigenvalue weighted by Crippen LogP contribution is 2.44. The maximum Gasteiger partial charge on any atom is 0.243 e. The Kier molecular flexibility index (Phi) is 3.11. The van der Waals surface area contributed by atoms with Gasteiger partial charge in [0.1, 0.15) is 10.7 Å². The van der Waals surface area contributed by atoms with E-state index in [1.807, 2.05) is 6.92 Å². The lowest BCUT2D eigenvalue weighted by Crippen LogP contribution is -2.30. The van der Waals surface area contributed by atoms with E-state index in [1.165, 1.54) is 6.07 Å². The van der Waals surface area contributed by atoms with E-state index < -0.39 is 15.8 Å². The second kappa shape index (κ2) is 4.20. The highest BCUT2D eigenvalue weighted by atomic mass is 32.2. The summed E-state index contributed by atoms with van der Waals surface area (Å²) < 4.78 is 40.1. The van der Waals surface area contributed by atoms with Crippen LogP contribution in [0.5, 0.6) is 0 Å². The standard InChI is InChI=1S/C12H17FN2O2S/c1-8-5-9(13)11(6-10(8)14)18(16,17)15-7-12(2)3-4-12/h5-6,15H,3-4,7,14H2,1-2H3. The Hall–Kier alpha value is -1.14. The van der Waals surface area contributed by atoms with Gasteiger partial charge in [0.15, 0.2) is 0 Å². The highest BCUT2D eigenvalue weighted by Gasteiger charge is 2.38. The number of nitrogens with one attached hydrogen (secondary N) is 1. The van der Waals surface area contributed by atoms with Crippen LogP contribution in [0, 0.1) is 18.2 Å². The molecule has 0 bridgehead atoms. The predicted octanol–water partition coefficient (Wildman–Crippen LogP) is 1.79. The molecular formula is C12H17FN2O2S. The number of benzene rings is 1. The smallest absolute Gasteiger partial charge is 0.243 e. The minimum atomic E-state index is -3.83. The molecule has 0 unspecified atom stereocenters. The minimum Gasteiger partial charge on any atom is -0.398 e. The highest BCUT2D eigenvalue weighted by molar-refractivity contribution is 7.89. The van der Waals surface area contributed by atoms with Gasteiger partial charge in [-0.3, -0.25) is 0 Å². The molecule has 100 valence electrons. The molecule has 0 saturated heterocycles. The van der Waals surface area contributed by atoms with Crippen molar-refractivity contribution in [3.8, 4) is 0 Å². The Morgan fingerprint density at radius 1 is 1.44 bits per heavy atom. The van der Waals surface area contributed by atoms with E-state index in [-0.39, 0.29) is 16.0 Å². The Bertz CT molecular complexity index is 580. The summed E-state index contributed by atoms with van der Waals surface area (Å²) in [6.45, 7) is 3.96. The fourth-order valence-electron chi connectivity index (χ4n) is 1.61. The van der Waals surface area contributed by atoms with Gasteiger partial charge in [-0.05, 0) is 42.9 Å². The first kappa shape index (κ1) is 13.3. The van der Waals surface area contributed by atoms with Gasteiger partial charge >= 0.3 is 0 Å². The van der Waals surface area contributed by atoms with Crippen LogP contribution in [0.25, 0.3) is 0 Å². The van der Waals surface area contributed by atoms with Crippen LogP contribution in [0.2, 0.25) is 0 Å². The number of hydrogen-bond acceptors (Lipinski definition) is 3. The molecule has 0 amide bonds. The van der Waals surface area contributed by atoms with Gasteiger partial charge in [0.25, 0.3) is 0 Å². The maximum atomic E-state index is 13.7. The zero-order valence-electron chi connectivity index (χ0n) is 10.5. The summed E-state index contributed by atoms with van der Waals surface area (Å²) in [5.74, 6) is -0.768. The number of halogens is 1. The molecule has 0 aliphatic heterocycles. The van der Waals surface area contributed by atoms with Gasteiger partial charge in [0.2, 0.25) is 10.0 Å². The van der Waals surface area contributed by atoms with Crippen molar-refractivity contribution in [3.63, 3.8) is 0 Å². The van der Waals surface area contributed by atoms with E-state index >= 15 is 0 Å². The van der Waals surface area contributed by atoms with Gasteiger partial charge in [-0.15, -0.1) is 0 Å². The van der Waals surface area contributed by atoms with Crippen molar-refractivity contribution in [1.29, 1.82) is 0 Å². The Balaban J connectivity index is 2.26. The van der Waals surface area contributed by atoms with E-state index in [4.69, 9.17) is 5.73 Å². The lowest BCUT2D eigenvalue weighted by atomic mass is 10.2. The van der Waals surface area contributed by atoms with Gasteiger partial charge in [0.05, 0.1) is 0 Å². The fraction of sp³-hybridized carbons (Fsp3) is 0.500. The molecular weight excluding hydrogens is 255 g/mol. The zero-order valence-corrected chi connectivity index (χ0v) is 11.3. The molecule has 1 fully saturated rings. The molecule has 0 atom stereocenters. The molecule has 4 nitrogen and oxygen atoms in total. The second-order valence-electron chi connectivity index (χ2n) is 5.27. The third-order valence-electron chi connectivity index (χ3n) is 3.40. The van der Waals surface area contributed by atoms with Crippen molar-refractivity contribution in [2.45, 2.75) is 31.6 Å². The predicted molar refractivity (Wildman–Crippen MR) is 68.1 cm³/mol. The first-order chi connectivity index (χ1) is 8.23. The Labute approximate surface area is 106 Å². The Morgan fingerprint density at radius 3 is 2.61 bits per heavy atom. The molecule has 3 N–H and O–H groups in total. The molecule has 0 radical (unpaired) electrons. The number of sulfonamides is 1. The van der Waals surface area contributed by atoms with E-state index in [2.05, 4.69) is 4.72 Å². The molecule has 6 heteroatoms. The van der Waals surface area contributed by atoms with E-state index in [0.29, 0.717) is 12.1 Å². The van der Waals surface area contributed by atoms with Gasteiger partial charge in [0, 0.05) is 12.2 Å². The van der Waals surface area contributed by atoms with Gasteiger partial charge in [-0.2, -0.15) is 0 Å². The van der Waals surface area contributed by atoms with Crippen molar-refractivity contribution in [2.75, 3.05) is 12.3 Å². The van der Waals surface area contributed by atoms with Crippen LogP contribution in [-0.2, 0) is 10.0 Å². The average molecular weight is 272 g/mol. The second-order valence-corrected chi connectivity index (χ2v) is 7.01. The zero-order chi connectivity index (χ0) is 13.6. The van der Waals surface area contributed by atoms with Gasteiger partial charge in [-0.1, -0.05) is 6.92 Å². The van der Waals surface area contributed by atoms with Crippen LogP contribution < -0.4 is 10.5 Å². The van der Waals surface area contributed by atoms with Crippen LogP contribution in [0.15, 0.2) is 17.0 Å². The molecule has 0 spiro atoms. The number of hydrogen-bond donors (Lipinski definition) is 2. The fourth-order valence-corrected chi connectivity index (χ4v) is 2.90. The first-order valence-electron chi connectivity index (χ1n) is 5.79. The number of aryl methyl sites for hydroxylation is 1. The first-order valence-corrected chi connectivity index (χ1v) is 7.27. The molecule has 2 rings (SSSR count).